The van der Waals surface area contributed by atoms with Crippen LogP contribution in [0.3, 0.4) is 0 Å². The second kappa shape index (κ2) is 6.89. The molecule has 1 saturated heterocycles. The first kappa shape index (κ1) is 16.5. The summed E-state index contributed by atoms with van der Waals surface area (Å²) < 4.78 is 31.3. The highest BCUT2D eigenvalue weighted by molar-refractivity contribution is 7.90. The molecule has 1 unspecified atom stereocenters. The Hall–Kier alpha value is -0.920. The number of hydrogen-bond donors (Lipinski definition) is 1. The molecule has 0 aliphatic carbocycles. The molecule has 0 radical (unpaired) electrons. The Morgan fingerprint density at radius 2 is 2.24 bits per heavy atom. The summed E-state index contributed by atoms with van der Waals surface area (Å²) in [6, 6.07) is 3.56. The summed E-state index contributed by atoms with van der Waals surface area (Å²) in [5.74, 6) is -0.195. The average Bonchev–Trinajstić information content (AvgIpc) is 2.98. The SMILES string of the molecule is CC(C)Cc1ccc(C(=O)NS(=O)(=O)CC2CCCO2)s1. The molecule has 1 fully saturated rings. The number of thiophene rings is 1. The summed E-state index contributed by atoms with van der Waals surface area (Å²) in [6.45, 7) is 4.80. The molecule has 0 saturated carbocycles. The number of rotatable bonds is 6. The third kappa shape index (κ3) is 5.09. The fourth-order valence-corrected chi connectivity index (χ4v) is 4.67. The Morgan fingerprint density at radius 1 is 1.48 bits per heavy atom. The quantitative estimate of drug-likeness (QED) is 0.867. The maximum Gasteiger partial charge on any atom is 0.274 e. The Morgan fingerprint density at radius 3 is 2.86 bits per heavy atom. The van der Waals surface area contributed by atoms with E-state index in [4.69, 9.17) is 4.74 Å². The van der Waals surface area contributed by atoms with Crippen molar-refractivity contribution in [2.75, 3.05) is 12.4 Å². The molecule has 1 N–H and O–H groups in total. The van der Waals surface area contributed by atoms with Crippen LogP contribution in [0.5, 0.6) is 0 Å². The number of nitrogens with one attached hydrogen (secondary N) is 1. The monoisotopic (exact) mass is 331 g/mol. The molecule has 7 heteroatoms. The standard InChI is InChI=1S/C14H21NO4S2/c1-10(2)8-12-5-6-13(20-12)14(16)15-21(17,18)9-11-4-3-7-19-11/h5-6,10-11H,3-4,7-9H2,1-2H3,(H,15,16). The summed E-state index contributed by atoms with van der Waals surface area (Å²) in [5.41, 5.74) is 0. The minimum absolute atomic E-state index is 0.150. The molecule has 1 aliphatic rings. The number of amides is 1. The number of hydrogen-bond acceptors (Lipinski definition) is 5. The zero-order valence-electron chi connectivity index (χ0n) is 12.3. The van der Waals surface area contributed by atoms with Crippen LogP contribution in [0.4, 0.5) is 0 Å². The van der Waals surface area contributed by atoms with Crippen LogP contribution in [0, 0.1) is 5.92 Å². The lowest BCUT2D eigenvalue weighted by Crippen LogP contribution is -2.35. The molecule has 0 spiro atoms. The molecule has 5 nitrogen and oxygen atoms in total. The molecule has 1 amide bonds. The largest absolute Gasteiger partial charge is 0.377 e. The van der Waals surface area contributed by atoms with Gasteiger partial charge in [0, 0.05) is 11.5 Å². The zero-order valence-corrected chi connectivity index (χ0v) is 13.9. The molecule has 0 aromatic carbocycles. The van der Waals surface area contributed by atoms with Crippen molar-refractivity contribution in [3.05, 3.63) is 21.9 Å². The minimum atomic E-state index is -3.64. The van der Waals surface area contributed by atoms with Crippen molar-refractivity contribution in [2.24, 2.45) is 5.92 Å². The van der Waals surface area contributed by atoms with Gasteiger partial charge in [-0.15, -0.1) is 11.3 Å². The van der Waals surface area contributed by atoms with Crippen LogP contribution in [-0.2, 0) is 21.2 Å². The fourth-order valence-electron chi connectivity index (χ4n) is 2.27. The van der Waals surface area contributed by atoms with Gasteiger partial charge in [0.15, 0.2) is 0 Å². The second-order valence-electron chi connectivity index (χ2n) is 5.71. The molecular weight excluding hydrogens is 310 g/mol. The molecule has 2 rings (SSSR count). The van der Waals surface area contributed by atoms with Crippen LogP contribution in [0.15, 0.2) is 12.1 Å². The van der Waals surface area contributed by atoms with Gasteiger partial charge in [-0.05, 0) is 37.3 Å². The van der Waals surface area contributed by atoms with E-state index in [-0.39, 0.29) is 11.9 Å². The summed E-state index contributed by atoms with van der Waals surface area (Å²) in [6.07, 6.45) is 2.19. The summed E-state index contributed by atoms with van der Waals surface area (Å²) in [4.78, 5) is 13.5. The van der Waals surface area contributed by atoms with Gasteiger partial charge in [0.1, 0.15) is 0 Å². The average molecular weight is 331 g/mol. The van der Waals surface area contributed by atoms with Crippen molar-refractivity contribution in [3.8, 4) is 0 Å². The number of carbonyl (C=O) groups is 1. The van der Waals surface area contributed by atoms with Crippen molar-refractivity contribution in [1.29, 1.82) is 0 Å². The highest BCUT2D eigenvalue weighted by Crippen LogP contribution is 2.20. The smallest absolute Gasteiger partial charge is 0.274 e. The lowest BCUT2D eigenvalue weighted by Gasteiger charge is -2.10. The van der Waals surface area contributed by atoms with Crippen LogP contribution in [-0.4, -0.2) is 32.8 Å². The molecule has 118 valence electrons. The Balaban J connectivity index is 1.94. The van der Waals surface area contributed by atoms with E-state index in [2.05, 4.69) is 18.6 Å². The highest BCUT2D eigenvalue weighted by atomic mass is 32.2. The van der Waals surface area contributed by atoms with Gasteiger partial charge in [-0.2, -0.15) is 0 Å². The third-order valence-corrected chi connectivity index (χ3v) is 5.59. The number of sulfonamides is 1. The van der Waals surface area contributed by atoms with Gasteiger partial charge in [0.05, 0.1) is 16.7 Å². The van der Waals surface area contributed by atoms with Crippen molar-refractivity contribution in [1.82, 2.24) is 4.72 Å². The molecule has 2 heterocycles. The Kier molecular flexibility index (Phi) is 5.40. The van der Waals surface area contributed by atoms with Crippen molar-refractivity contribution >= 4 is 27.3 Å². The van der Waals surface area contributed by atoms with E-state index in [1.165, 1.54) is 11.3 Å². The van der Waals surface area contributed by atoms with Crippen molar-refractivity contribution < 1.29 is 17.9 Å². The molecule has 1 aromatic heterocycles. The van der Waals surface area contributed by atoms with Crippen LogP contribution < -0.4 is 4.72 Å². The second-order valence-corrected chi connectivity index (χ2v) is 8.65. The van der Waals surface area contributed by atoms with E-state index in [9.17, 15) is 13.2 Å². The molecule has 1 aliphatic heterocycles. The molecule has 21 heavy (non-hydrogen) atoms. The summed E-state index contributed by atoms with van der Waals surface area (Å²) >= 11 is 1.35. The first-order valence-corrected chi connectivity index (χ1v) is 9.58. The van der Waals surface area contributed by atoms with Gasteiger partial charge in [-0.25, -0.2) is 13.1 Å². The van der Waals surface area contributed by atoms with Gasteiger partial charge in [0.25, 0.3) is 5.91 Å². The maximum absolute atomic E-state index is 12.0. The van der Waals surface area contributed by atoms with Gasteiger partial charge in [0.2, 0.25) is 10.0 Å². The number of carbonyl (C=O) groups excluding carboxylic acids is 1. The summed E-state index contributed by atoms with van der Waals surface area (Å²) in [7, 11) is -3.64. The predicted molar refractivity (Wildman–Crippen MR) is 83.1 cm³/mol. The number of ether oxygens (including phenoxy) is 1. The van der Waals surface area contributed by atoms with Gasteiger partial charge >= 0.3 is 0 Å². The minimum Gasteiger partial charge on any atom is -0.377 e. The highest BCUT2D eigenvalue weighted by Gasteiger charge is 2.25. The Bertz CT molecular complexity index is 586. The van der Waals surface area contributed by atoms with E-state index in [1.807, 2.05) is 6.07 Å². The predicted octanol–water partition coefficient (Wildman–Crippen LogP) is 2.19. The van der Waals surface area contributed by atoms with E-state index < -0.39 is 15.9 Å². The van der Waals surface area contributed by atoms with Crippen LogP contribution in [0.25, 0.3) is 0 Å². The topological polar surface area (TPSA) is 72.5 Å². The summed E-state index contributed by atoms with van der Waals surface area (Å²) in [5, 5.41) is 0. The first-order chi connectivity index (χ1) is 9.85. The van der Waals surface area contributed by atoms with E-state index >= 15 is 0 Å². The third-order valence-electron chi connectivity index (χ3n) is 3.17. The van der Waals surface area contributed by atoms with Gasteiger partial charge in [-0.1, -0.05) is 13.8 Å². The van der Waals surface area contributed by atoms with Gasteiger partial charge in [-0.3, -0.25) is 4.79 Å². The van der Waals surface area contributed by atoms with E-state index in [0.29, 0.717) is 17.4 Å². The lowest BCUT2D eigenvalue weighted by atomic mass is 10.1. The zero-order chi connectivity index (χ0) is 15.5. The first-order valence-electron chi connectivity index (χ1n) is 7.11. The maximum atomic E-state index is 12.0. The lowest BCUT2D eigenvalue weighted by molar-refractivity contribution is 0.0983. The molecular formula is C14H21NO4S2. The molecule has 1 atom stereocenters. The Labute approximate surface area is 129 Å². The molecule has 0 bridgehead atoms. The van der Waals surface area contributed by atoms with Crippen LogP contribution in [0.1, 0.15) is 41.2 Å². The van der Waals surface area contributed by atoms with E-state index in [0.717, 1.165) is 24.1 Å². The van der Waals surface area contributed by atoms with Crippen molar-refractivity contribution in [2.45, 2.75) is 39.2 Å². The van der Waals surface area contributed by atoms with Crippen LogP contribution in [0.2, 0.25) is 0 Å². The van der Waals surface area contributed by atoms with Gasteiger partial charge < -0.3 is 4.74 Å². The molecule has 1 aromatic rings. The van der Waals surface area contributed by atoms with E-state index in [1.54, 1.807) is 6.07 Å². The fraction of sp³-hybridized carbons (Fsp3) is 0.643. The van der Waals surface area contributed by atoms with Crippen molar-refractivity contribution in [3.63, 3.8) is 0 Å². The van der Waals surface area contributed by atoms with Crippen LogP contribution >= 0.6 is 11.3 Å². The normalized spacial score (nSPS) is 19.1.